The van der Waals surface area contributed by atoms with Crippen LogP contribution in [0.25, 0.3) is 0 Å². The first-order valence-corrected chi connectivity index (χ1v) is 9.06. The van der Waals surface area contributed by atoms with Crippen molar-refractivity contribution in [1.82, 2.24) is 20.4 Å². The van der Waals surface area contributed by atoms with E-state index in [1.54, 1.807) is 6.20 Å². The summed E-state index contributed by atoms with van der Waals surface area (Å²) >= 11 is 0. The molecule has 0 bridgehead atoms. The Morgan fingerprint density at radius 1 is 1.00 bits per heavy atom. The van der Waals surface area contributed by atoms with E-state index in [4.69, 9.17) is 0 Å². The third-order valence-corrected chi connectivity index (χ3v) is 4.20. The number of carbonyl (C=O) groups is 2. The van der Waals surface area contributed by atoms with Gasteiger partial charge in [0.1, 0.15) is 11.6 Å². The van der Waals surface area contributed by atoms with Crippen molar-refractivity contribution in [1.29, 1.82) is 0 Å². The molecule has 0 atom stereocenters. The molecular weight excluding hydrogens is 378 g/mol. The third-order valence-electron chi connectivity index (χ3n) is 4.20. The quantitative estimate of drug-likeness (QED) is 0.613. The van der Waals surface area contributed by atoms with Gasteiger partial charge in [0.05, 0.1) is 12.1 Å². The molecule has 0 aliphatic heterocycles. The molecule has 2 amide bonds. The van der Waals surface area contributed by atoms with Crippen LogP contribution in [0.15, 0.2) is 60.9 Å². The third kappa shape index (κ3) is 5.97. The van der Waals surface area contributed by atoms with Gasteiger partial charge in [-0.05, 0) is 29.3 Å². The van der Waals surface area contributed by atoms with E-state index >= 15 is 0 Å². The number of aromatic nitrogens is 2. The highest BCUT2D eigenvalue weighted by Gasteiger charge is 2.12. The van der Waals surface area contributed by atoms with E-state index in [2.05, 4.69) is 15.7 Å². The summed E-state index contributed by atoms with van der Waals surface area (Å²) in [7, 11) is 0. The number of benzene rings is 2. The average molecular weight is 398 g/mol. The van der Waals surface area contributed by atoms with Crippen LogP contribution in [0.1, 0.15) is 27.9 Å². The Bertz CT molecular complexity index is 990. The summed E-state index contributed by atoms with van der Waals surface area (Å²) in [6.07, 6.45) is 3.63. The number of carbonyl (C=O) groups excluding carboxylic acids is 2. The zero-order chi connectivity index (χ0) is 20.6. The molecule has 3 rings (SSSR count). The SMILES string of the molecule is O=C(CCNC(=O)c1ccc(F)cc1F)NCc1cccc(Cn2cccn2)c1. The van der Waals surface area contributed by atoms with E-state index in [1.165, 1.54) is 0 Å². The van der Waals surface area contributed by atoms with Gasteiger partial charge in [-0.3, -0.25) is 14.3 Å². The number of nitrogens with zero attached hydrogens (tertiary/aromatic N) is 2. The second kappa shape index (κ2) is 9.59. The van der Waals surface area contributed by atoms with Crippen LogP contribution in [0.3, 0.4) is 0 Å². The van der Waals surface area contributed by atoms with Gasteiger partial charge in [-0.2, -0.15) is 5.10 Å². The number of nitrogens with one attached hydrogen (secondary N) is 2. The Morgan fingerprint density at radius 3 is 2.59 bits per heavy atom. The minimum Gasteiger partial charge on any atom is -0.352 e. The molecule has 150 valence electrons. The molecule has 0 saturated carbocycles. The van der Waals surface area contributed by atoms with Gasteiger partial charge in [0.15, 0.2) is 0 Å². The minimum absolute atomic E-state index is 0.0425. The van der Waals surface area contributed by atoms with Gasteiger partial charge in [0.2, 0.25) is 5.91 Å². The summed E-state index contributed by atoms with van der Waals surface area (Å²) in [5.41, 5.74) is 1.75. The summed E-state index contributed by atoms with van der Waals surface area (Å²) in [4.78, 5) is 23.9. The molecule has 1 aromatic heterocycles. The normalized spacial score (nSPS) is 10.6. The predicted molar refractivity (Wildman–Crippen MR) is 103 cm³/mol. The van der Waals surface area contributed by atoms with E-state index in [-0.39, 0.29) is 24.4 Å². The zero-order valence-corrected chi connectivity index (χ0v) is 15.6. The fraction of sp³-hybridized carbons (Fsp3) is 0.190. The number of halogens is 2. The van der Waals surface area contributed by atoms with E-state index in [0.717, 1.165) is 23.3 Å². The van der Waals surface area contributed by atoms with Crippen molar-refractivity contribution in [3.63, 3.8) is 0 Å². The summed E-state index contributed by atoms with van der Waals surface area (Å²) in [6, 6.07) is 12.4. The van der Waals surface area contributed by atoms with Crippen LogP contribution in [0.2, 0.25) is 0 Å². The number of rotatable bonds is 8. The second-order valence-corrected chi connectivity index (χ2v) is 6.43. The smallest absolute Gasteiger partial charge is 0.254 e. The summed E-state index contributed by atoms with van der Waals surface area (Å²) < 4.78 is 28.3. The molecule has 0 fully saturated rings. The first kappa shape index (κ1) is 20.2. The van der Waals surface area contributed by atoms with Crippen LogP contribution in [-0.4, -0.2) is 28.1 Å². The van der Waals surface area contributed by atoms with Crippen LogP contribution >= 0.6 is 0 Å². The molecule has 0 spiro atoms. The molecule has 6 nitrogen and oxygen atoms in total. The lowest BCUT2D eigenvalue weighted by molar-refractivity contribution is -0.121. The lowest BCUT2D eigenvalue weighted by atomic mass is 10.1. The van der Waals surface area contributed by atoms with Gasteiger partial charge in [-0.15, -0.1) is 0 Å². The molecule has 2 N–H and O–H groups in total. The summed E-state index contributed by atoms with van der Waals surface area (Å²) in [5, 5.41) is 9.40. The van der Waals surface area contributed by atoms with Gasteiger partial charge >= 0.3 is 0 Å². The van der Waals surface area contributed by atoms with Gasteiger partial charge in [0.25, 0.3) is 5.91 Å². The van der Waals surface area contributed by atoms with Gasteiger partial charge in [0, 0.05) is 38.0 Å². The Labute approximate surface area is 166 Å². The number of amides is 2. The molecule has 2 aromatic carbocycles. The first-order chi connectivity index (χ1) is 14.0. The minimum atomic E-state index is -0.943. The van der Waals surface area contributed by atoms with Gasteiger partial charge < -0.3 is 10.6 Å². The molecular formula is C21H20F2N4O2. The topological polar surface area (TPSA) is 76.0 Å². The predicted octanol–water partition coefficient (Wildman–Crippen LogP) is 2.65. The zero-order valence-electron chi connectivity index (χ0n) is 15.6. The molecule has 1 heterocycles. The Balaban J connectivity index is 1.42. The number of hydrogen-bond donors (Lipinski definition) is 2. The van der Waals surface area contributed by atoms with Crippen LogP contribution in [-0.2, 0) is 17.9 Å². The fourth-order valence-corrected chi connectivity index (χ4v) is 2.77. The van der Waals surface area contributed by atoms with E-state index < -0.39 is 17.5 Å². The summed E-state index contributed by atoms with van der Waals surface area (Å²) in [6.45, 7) is 1.04. The average Bonchev–Trinajstić information content (AvgIpc) is 3.19. The highest BCUT2D eigenvalue weighted by Crippen LogP contribution is 2.09. The van der Waals surface area contributed by atoms with Crippen LogP contribution < -0.4 is 10.6 Å². The lowest BCUT2D eigenvalue weighted by Crippen LogP contribution is -2.31. The summed E-state index contributed by atoms with van der Waals surface area (Å²) in [5.74, 6) is -2.64. The molecule has 3 aromatic rings. The molecule has 0 saturated heterocycles. The van der Waals surface area contributed by atoms with Crippen molar-refractivity contribution in [2.45, 2.75) is 19.5 Å². The second-order valence-electron chi connectivity index (χ2n) is 6.43. The van der Waals surface area contributed by atoms with Crippen LogP contribution in [0, 0.1) is 11.6 Å². The maximum Gasteiger partial charge on any atom is 0.254 e. The van der Waals surface area contributed by atoms with E-state index in [0.29, 0.717) is 19.2 Å². The Kier molecular flexibility index (Phi) is 6.67. The van der Waals surface area contributed by atoms with Crippen molar-refractivity contribution in [3.05, 3.63) is 89.2 Å². The molecule has 0 aliphatic carbocycles. The van der Waals surface area contributed by atoms with Crippen molar-refractivity contribution in [2.24, 2.45) is 0 Å². The van der Waals surface area contributed by atoms with Gasteiger partial charge in [-0.1, -0.05) is 24.3 Å². The fourth-order valence-electron chi connectivity index (χ4n) is 2.77. The van der Waals surface area contributed by atoms with Crippen LogP contribution in [0.4, 0.5) is 8.78 Å². The van der Waals surface area contributed by atoms with E-state index in [1.807, 2.05) is 41.2 Å². The molecule has 29 heavy (non-hydrogen) atoms. The largest absolute Gasteiger partial charge is 0.352 e. The highest BCUT2D eigenvalue weighted by molar-refractivity contribution is 5.94. The molecule has 0 radical (unpaired) electrons. The van der Waals surface area contributed by atoms with Crippen molar-refractivity contribution < 1.29 is 18.4 Å². The first-order valence-electron chi connectivity index (χ1n) is 9.06. The van der Waals surface area contributed by atoms with Crippen molar-refractivity contribution in [3.8, 4) is 0 Å². The van der Waals surface area contributed by atoms with Gasteiger partial charge in [-0.25, -0.2) is 8.78 Å². The Hall–Kier alpha value is -3.55. The monoisotopic (exact) mass is 398 g/mol. The molecule has 0 aliphatic rings. The Morgan fingerprint density at radius 2 is 1.83 bits per heavy atom. The van der Waals surface area contributed by atoms with Crippen molar-refractivity contribution in [2.75, 3.05) is 6.54 Å². The maximum atomic E-state index is 13.6. The standard InChI is InChI=1S/C21H20F2N4O2/c22-17-5-6-18(19(23)12-17)21(29)24-9-7-20(28)25-13-15-3-1-4-16(11-15)14-27-10-2-8-26-27/h1-6,8,10-12H,7,9,13-14H2,(H,24,29)(H,25,28). The van der Waals surface area contributed by atoms with Crippen LogP contribution in [0.5, 0.6) is 0 Å². The van der Waals surface area contributed by atoms with E-state index in [9.17, 15) is 18.4 Å². The highest BCUT2D eigenvalue weighted by atomic mass is 19.1. The molecule has 8 heteroatoms. The number of hydrogen-bond acceptors (Lipinski definition) is 3. The molecule has 0 unspecified atom stereocenters. The van der Waals surface area contributed by atoms with Crippen molar-refractivity contribution >= 4 is 11.8 Å². The maximum absolute atomic E-state index is 13.6. The lowest BCUT2D eigenvalue weighted by Gasteiger charge is -2.09.